The Morgan fingerprint density at radius 2 is 2.00 bits per heavy atom. The Morgan fingerprint density at radius 3 is 2.58 bits per heavy atom. The van der Waals surface area contributed by atoms with Gasteiger partial charge in [-0.2, -0.15) is 13.2 Å². The van der Waals surface area contributed by atoms with Crippen molar-refractivity contribution in [1.29, 1.82) is 0 Å². The van der Waals surface area contributed by atoms with Crippen LogP contribution in [0.5, 0.6) is 10.9 Å². The Hall–Kier alpha value is -1.41. The fraction of sp³-hybridized carbons (Fsp3) is 0.200. The first-order chi connectivity index (χ1) is 8.90. The summed E-state index contributed by atoms with van der Waals surface area (Å²) in [6.45, 7) is 0. The maximum atomic E-state index is 13.0. The number of benzene rings is 1. The van der Waals surface area contributed by atoms with Crippen molar-refractivity contribution in [2.45, 2.75) is 12.1 Å². The van der Waals surface area contributed by atoms with E-state index in [2.05, 4.69) is 10.2 Å². The number of alkyl halides is 4. The molecule has 0 aliphatic carbocycles. The van der Waals surface area contributed by atoms with Crippen LogP contribution in [-0.2, 0) is 12.1 Å². The molecule has 0 radical (unpaired) electrons. The van der Waals surface area contributed by atoms with Crippen LogP contribution >= 0.6 is 22.9 Å². The Morgan fingerprint density at radius 1 is 1.26 bits per heavy atom. The van der Waals surface area contributed by atoms with Crippen LogP contribution in [0.25, 0.3) is 0 Å². The molecule has 0 aliphatic rings. The maximum Gasteiger partial charge on any atom is 0.419 e. The lowest BCUT2D eigenvalue weighted by Gasteiger charge is -2.09. The summed E-state index contributed by atoms with van der Waals surface area (Å²) in [6, 6.07) is 2.32. The standard InChI is InChI=1S/C10H5ClF4N2OS/c11-4-8-16-17-9(19-8)18-5-1-2-7(12)6(3-5)10(13,14)15/h1-3H,4H2. The van der Waals surface area contributed by atoms with E-state index in [1.807, 2.05) is 0 Å². The van der Waals surface area contributed by atoms with Crippen molar-refractivity contribution in [2.75, 3.05) is 0 Å². The number of nitrogens with zero attached hydrogens (tertiary/aromatic N) is 2. The van der Waals surface area contributed by atoms with Crippen LogP contribution in [-0.4, -0.2) is 10.2 Å². The summed E-state index contributed by atoms with van der Waals surface area (Å²) in [5.41, 5.74) is -1.40. The average molecular weight is 313 g/mol. The molecule has 0 N–H and O–H groups in total. The van der Waals surface area contributed by atoms with Gasteiger partial charge in [0.15, 0.2) is 0 Å². The summed E-state index contributed by atoms with van der Waals surface area (Å²) in [6.07, 6.45) is -4.79. The van der Waals surface area contributed by atoms with Crippen LogP contribution in [0.1, 0.15) is 10.6 Å². The summed E-state index contributed by atoms with van der Waals surface area (Å²) >= 11 is 6.50. The van der Waals surface area contributed by atoms with Crippen molar-refractivity contribution in [2.24, 2.45) is 0 Å². The van der Waals surface area contributed by atoms with Gasteiger partial charge >= 0.3 is 6.18 Å². The highest BCUT2D eigenvalue weighted by Crippen LogP contribution is 2.35. The van der Waals surface area contributed by atoms with Gasteiger partial charge in [-0.3, -0.25) is 0 Å². The van der Waals surface area contributed by atoms with Gasteiger partial charge in [0.25, 0.3) is 5.19 Å². The van der Waals surface area contributed by atoms with Gasteiger partial charge in [-0.25, -0.2) is 4.39 Å². The van der Waals surface area contributed by atoms with Crippen molar-refractivity contribution < 1.29 is 22.3 Å². The third-order valence-corrected chi connectivity index (χ3v) is 3.22. The smallest absolute Gasteiger partial charge is 0.419 e. The van der Waals surface area contributed by atoms with Crippen molar-refractivity contribution in [1.82, 2.24) is 10.2 Å². The molecule has 1 aromatic heterocycles. The zero-order chi connectivity index (χ0) is 14.0. The summed E-state index contributed by atoms with van der Waals surface area (Å²) in [5.74, 6) is -1.41. The molecule has 0 bridgehead atoms. The highest BCUT2D eigenvalue weighted by molar-refractivity contribution is 7.13. The van der Waals surface area contributed by atoms with Gasteiger partial charge in [-0.1, -0.05) is 16.4 Å². The van der Waals surface area contributed by atoms with Crippen LogP contribution in [0.15, 0.2) is 18.2 Å². The molecule has 0 amide bonds. The molecule has 102 valence electrons. The molecule has 2 aromatic rings. The van der Waals surface area contributed by atoms with E-state index in [0.717, 1.165) is 17.4 Å². The number of hydrogen-bond donors (Lipinski definition) is 0. The third kappa shape index (κ3) is 3.32. The van der Waals surface area contributed by atoms with Crippen LogP contribution in [0, 0.1) is 5.82 Å². The van der Waals surface area contributed by atoms with Gasteiger partial charge in [0.2, 0.25) is 0 Å². The number of hydrogen-bond acceptors (Lipinski definition) is 4. The minimum Gasteiger partial charge on any atom is -0.430 e. The molecule has 2 rings (SSSR count). The summed E-state index contributed by atoms with van der Waals surface area (Å²) < 4.78 is 55.6. The van der Waals surface area contributed by atoms with Gasteiger partial charge in [0.05, 0.1) is 11.4 Å². The molecule has 0 atom stereocenters. The van der Waals surface area contributed by atoms with Gasteiger partial charge in [0, 0.05) is 0 Å². The lowest BCUT2D eigenvalue weighted by atomic mass is 10.2. The molecule has 1 aromatic carbocycles. The first kappa shape index (κ1) is 14.0. The van der Waals surface area contributed by atoms with Gasteiger partial charge < -0.3 is 4.74 Å². The van der Waals surface area contributed by atoms with Crippen LogP contribution in [0.2, 0.25) is 0 Å². The zero-order valence-corrected chi connectivity index (χ0v) is 10.6. The van der Waals surface area contributed by atoms with Gasteiger partial charge in [0.1, 0.15) is 16.6 Å². The van der Waals surface area contributed by atoms with E-state index >= 15 is 0 Å². The van der Waals surface area contributed by atoms with E-state index in [9.17, 15) is 17.6 Å². The fourth-order valence-corrected chi connectivity index (χ4v) is 1.99. The summed E-state index contributed by atoms with van der Waals surface area (Å²) in [5, 5.41) is 7.72. The normalized spacial score (nSPS) is 11.6. The summed E-state index contributed by atoms with van der Waals surface area (Å²) in [4.78, 5) is 0. The molecule has 0 saturated heterocycles. The highest BCUT2D eigenvalue weighted by Gasteiger charge is 2.34. The molecule has 0 aliphatic heterocycles. The predicted octanol–water partition coefficient (Wildman–Crippen LogP) is 4.23. The van der Waals surface area contributed by atoms with Crippen molar-refractivity contribution in [3.05, 3.63) is 34.6 Å². The van der Waals surface area contributed by atoms with Gasteiger partial charge in [-0.15, -0.1) is 16.7 Å². The Bertz CT molecular complexity index is 587. The largest absolute Gasteiger partial charge is 0.430 e. The van der Waals surface area contributed by atoms with Crippen LogP contribution < -0.4 is 4.74 Å². The van der Waals surface area contributed by atoms with Crippen molar-refractivity contribution >= 4 is 22.9 Å². The monoisotopic (exact) mass is 312 g/mol. The van der Waals surface area contributed by atoms with Gasteiger partial charge in [-0.05, 0) is 18.2 Å². The molecule has 1 heterocycles. The lowest BCUT2D eigenvalue weighted by molar-refractivity contribution is -0.140. The minimum absolute atomic E-state index is 0.0374. The molecular weight excluding hydrogens is 308 g/mol. The molecule has 0 saturated carbocycles. The predicted molar refractivity (Wildman–Crippen MR) is 60.9 cm³/mol. The number of ether oxygens (including phenoxy) is 1. The number of aromatic nitrogens is 2. The Labute approximate surface area is 113 Å². The minimum atomic E-state index is -4.79. The molecule has 3 nitrogen and oxygen atoms in total. The first-order valence-corrected chi connectivity index (χ1v) is 6.18. The van der Waals surface area contributed by atoms with Crippen LogP contribution in [0.3, 0.4) is 0 Å². The van der Waals surface area contributed by atoms with E-state index in [4.69, 9.17) is 16.3 Å². The highest BCUT2D eigenvalue weighted by atomic mass is 35.5. The Balaban J connectivity index is 2.26. The number of halogens is 5. The van der Waals surface area contributed by atoms with Crippen molar-refractivity contribution in [3.8, 4) is 10.9 Å². The van der Waals surface area contributed by atoms with Crippen LogP contribution in [0.4, 0.5) is 17.6 Å². The zero-order valence-electron chi connectivity index (χ0n) is 9.04. The SMILES string of the molecule is Fc1ccc(Oc2nnc(CCl)s2)cc1C(F)(F)F. The van der Waals surface area contributed by atoms with E-state index in [1.54, 1.807) is 0 Å². The maximum absolute atomic E-state index is 13.0. The average Bonchev–Trinajstić information content (AvgIpc) is 2.78. The van der Waals surface area contributed by atoms with E-state index in [-0.39, 0.29) is 16.8 Å². The second-order valence-corrected chi connectivity index (χ2v) is 4.63. The molecule has 0 spiro atoms. The molecule has 19 heavy (non-hydrogen) atoms. The fourth-order valence-electron chi connectivity index (χ4n) is 1.22. The molecule has 9 heteroatoms. The quantitative estimate of drug-likeness (QED) is 0.628. The Kier molecular flexibility index (Phi) is 3.91. The summed E-state index contributed by atoms with van der Waals surface area (Å²) in [7, 11) is 0. The topological polar surface area (TPSA) is 35.0 Å². The number of rotatable bonds is 3. The molecular formula is C10H5ClF4N2OS. The van der Waals surface area contributed by atoms with Crippen molar-refractivity contribution in [3.63, 3.8) is 0 Å². The molecule has 0 unspecified atom stereocenters. The van der Waals surface area contributed by atoms with E-state index in [1.165, 1.54) is 0 Å². The van der Waals surface area contributed by atoms with E-state index in [0.29, 0.717) is 17.1 Å². The first-order valence-electron chi connectivity index (χ1n) is 4.83. The second kappa shape index (κ2) is 5.30. The van der Waals surface area contributed by atoms with E-state index < -0.39 is 17.6 Å². The lowest BCUT2D eigenvalue weighted by Crippen LogP contribution is -2.08. The second-order valence-electron chi connectivity index (χ2n) is 3.34. The third-order valence-electron chi connectivity index (χ3n) is 2.01. The molecule has 0 fully saturated rings.